The molecule has 4 rings (SSSR count). The minimum atomic E-state index is -4.50. The van der Waals surface area contributed by atoms with Gasteiger partial charge in [-0.1, -0.05) is 35.9 Å². The van der Waals surface area contributed by atoms with E-state index in [1.54, 1.807) is 11.0 Å². The lowest BCUT2D eigenvalue weighted by Gasteiger charge is -2.24. The number of benzene rings is 1. The van der Waals surface area contributed by atoms with E-state index in [0.717, 1.165) is 23.2 Å². The molecule has 2 aromatic heterocycles. The van der Waals surface area contributed by atoms with Crippen LogP contribution in [-0.4, -0.2) is 47.0 Å². The molecule has 1 amide bonds. The minimum Gasteiger partial charge on any atom is -0.354 e. The molecule has 1 aromatic carbocycles. The number of aromatic nitrogens is 2. The molecule has 3 aromatic rings. The summed E-state index contributed by atoms with van der Waals surface area (Å²) in [5, 5.41) is 0.903. The van der Waals surface area contributed by atoms with Crippen LogP contribution in [-0.2, 0) is 6.18 Å². The third-order valence-electron chi connectivity index (χ3n) is 5.05. The maximum atomic E-state index is 12.9. The van der Waals surface area contributed by atoms with Crippen molar-refractivity contribution in [3.63, 3.8) is 0 Å². The molecule has 5 nitrogen and oxygen atoms in total. The van der Waals surface area contributed by atoms with Crippen LogP contribution in [0.1, 0.15) is 22.5 Å². The van der Waals surface area contributed by atoms with Crippen molar-refractivity contribution in [2.45, 2.75) is 12.6 Å². The van der Waals surface area contributed by atoms with Gasteiger partial charge in [-0.3, -0.25) is 4.79 Å². The van der Waals surface area contributed by atoms with Crippen LogP contribution in [0.2, 0.25) is 5.02 Å². The molecule has 1 aliphatic heterocycles. The number of anilines is 1. The molecule has 0 bridgehead atoms. The SMILES string of the molecule is O=C(c1ccc2ccccc2n1)N1CCCN(c2ncc(C(F)(F)F)cc2Cl)CC1. The number of pyridine rings is 2. The van der Waals surface area contributed by atoms with Gasteiger partial charge in [-0.05, 0) is 24.6 Å². The van der Waals surface area contributed by atoms with Crippen molar-refractivity contribution in [2.75, 3.05) is 31.1 Å². The van der Waals surface area contributed by atoms with Gasteiger partial charge < -0.3 is 9.80 Å². The van der Waals surface area contributed by atoms with E-state index in [-0.39, 0.29) is 10.9 Å². The lowest BCUT2D eigenvalue weighted by atomic mass is 10.2. The molecule has 9 heteroatoms. The monoisotopic (exact) mass is 434 g/mol. The molecule has 0 aliphatic carbocycles. The number of rotatable bonds is 2. The number of carbonyl (C=O) groups is 1. The van der Waals surface area contributed by atoms with Crippen LogP contribution in [0.15, 0.2) is 48.7 Å². The summed E-state index contributed by atoms with van der Waals surface area (Å²) in [7, 11) is 0. The average molecular weight is 435 g/mol. The van der Waals surface area contributed by atoms with Gasteiger partial charge in [0, 0.05) is 37.8 Å². The maximum absolute atomic E-state index is 12.9. The number of alkyl halides is 3. The van der Waals surface area contributed by atoms with Crippen LogP contribution in [0.3, 0.4) is 0 Å². The number of para-hydroxylation sites is 1. The highest BCUT2D eigenvalue weighted by atomic mass is 35.5. The Kier molecular flexibility index (Phi) is 5.51. The van der Waals surface area contributed by atoms with Crippen LogP contribution in [0.4, 0.5) is 19.0 Å². The molecule has 0 unspecified atom stereocenters. The van der Waals surface area contributed by atoms with Gasteiger partial charge in [0.25, 0.3) is 5.91 Å². The van der Waals surface area contributed by atoms with E-state index in [1.807, 2.05) is 35.2 Å². The zero-order chi connectivity index (χ0) is 21.3. The Morgan fingerprint density at radius 2 is 1.83 bits per heavy atom. The van der Waals surface area contributed by atoms with Gasteiger partial charge in [-0.15, -0.1) is 0 Å². The number of carbonyl (C=O) groups excluding carboxylic acids is 1. The van der Waals surface area contributed by atoms with Crippen LogP contribution < -0.4 is 4.90 Å². The third-order valence-corrected chi connectivity index (χ3v) is 5.33. The predicted octanol–water partition coefficient (Wildman–Crippen LogP) is 4.65. The number of amides is 1. The Hall–Kier alpha value is -2.87. The molecule has 0 atom stereocenters. The molecule has 1 fully saturated rings. The summed E-state index contributed by atoms with van der Waals surface area (Å²) in [6.45, 7) is 1.86. The smallest absolute Gasteiger partial charge is 0.354 e. The van der Waals surface area contributed by atoms with Gasteiger partial charge in [0.2, 0.25) is 0 Å². The first-order valence-corrected chi connectivity index (χ1v) is 9.83. The van der Waals surface area contributed by atoms with Crippen LogP contribution in [0, 0.1) is 0 Å². The summed E-state index contributed by atoms with van der Waals surface area (Å²) in [4.78, 5) is 24.8. The van der Waals surface area contributed by atoms with E-state index < -0.39 is 11.7 Å². The van der Waals surface area contributed by atoms with E-state index >= 15 is 0 Å². The maximum Gasteiger partial charge on any atom is 0.417 e. The van der Waals surface area contributed by atoms with Crippen LogP contribution >= 0.6 is 11.6 Å². The fourth-order valence-electron chi connectivity index (χ4n) is 3.50. The Labute approximate surface area is 176 Å². The fraction of sp³-hybridized carbons (Fsp3) is 0.286. The zero-order valence-electron chi connectivity index (χ0n) is 15.9. The van der Waals surface area contributed by atoms with E-state index in [2.05, 4.69) is 9.97 Å². The van der Waals surface area contributed by atoms with E-state index in [0.29, 0.717) is 44.1 Å². The topological polar surface area (TPSA) is 49.3 Å². The fourth-order valence-corrected chi connectivity index (χ4v) is 3.78. The molecule has 0 radical (unpaired) electrons. The zero-order valence-corrected chi connectivity index (χ0v) is 16.6. The molecule has 1 saturated heterocycles. The van der Waals surface area contributed by atoms with Crippen molar-refractivity contribution < 1.29 is 18.0 Å². The van der Waals surface area contributed by atoms with Crippen molar-refractivity contribution in [3.8, 4) is 0 Å². The van der Waals surface area contributed by atoms with Crippen LogP contribution in [0.5, 0.6) is 0 Å². The van der Waals surface area contributed by atoms with E-state index in [4.69, 9.17) is 11.6 Å². The van der Waals surface area contributed by atoms with Gasteiger partial charge >= 0.3 is 6.18 Å². The lowest BCUT2D eigenvalue weighted by Crippen LogP contribution is -2.35. The predicted molar refractivity (Wildman–Crippen MR) is 109 cm³/mol. The molecule has 3 heterocycles. The summed E-state index contributed by atoms with van der Waals surface area (Å²) >= 11 is 6.08. The standard InChI is InChI=1S/C21H18ClF3N4O/c22-16-12-15(21(23,24)25)13-26-19(16)28-8-3-9-29(11-10-28)20(30)18-7-6-14-4-1-2-5-17(14)27-18/h1-2,4-7,12-13H,3,8-11H2. The number of nitrogens with zero attached hydrogens (tertiary/aromatic N) is 4. The number of halogens is 4. The molecule has 0 saturated carbocycles. The van der Waals surface area contributed by atoms with Gasteiger partial charge in [0.1, 0.15) is 11.5 Å². The summed E-state index contributed by atoms with van der Waals surface area (Å²) in [6, 6.07) is 12.0. The molecular formula is C21H18ClF3N4O. The van der Waals surface area contributed by atoms with E-state index in [1.165, 1.54) is 0 Å². The number of fused-ring (bicyclic) bond motifs is 1. The molecule has 30 heavy (non-hydrogen) atoms. The van der Waals surface area contributed by atoms with E-state index in [9.17, 15) is 18.0 Å². The van der Waals surface area contributed by atoms with Crippen molar-refractivity contribution in [1.82, 2.24) is 14.9 Å². The average Bonchev–Trinajstić information content (AvgIpc) is 2.98. The normalized spacial score (nSPS) is 15.3. The first-order chi connectivity index (χ1) is 14.3. The van der Waals surface area contributed by atoms with Crippen molar-refractivity contribution in [3.05, 3.63) is 64.9 Å². The third kappa shape index (κ3) is 4.18. The Bertz CT molecular complexity index is 1090. The van der Waals surface area contributed by atoms with Crippen molar-refractivity contribution in [1.29, 1.82) is 0 Å². The molecular weight excluding hydrogens is 417 g/mol. The second-order valence-electron chi connectivity index (χ2n) is 7.05. The summed E-state index contributed by atoms with van der Waals surface area (Å²) in [5.74, 6) is 0.122. The van der Waals surface area contributed by atoms with Crippen LogP contribution in [0.25, 0.3) is 10.9 Å². The summed E-state index contributed by atoms with van der Waals surface area (Å²) in [5.41, 5.74) is 0.235. The summed E-state index contributed by atoms with van der Waals surface area (Å²) in [6.07, 6.45) is -3.07. The van der Waals surface area contributed by atoms with Gasteiger partial charge in [0.05, 0.1) is 16.1 Å². The van der Waals surface area contributed by atoms with Gasteiger partial charge in [-0.25, -0.2) is 9.97 Å². The quantitative estimate of drug-likeness (QED) is 0.589. The Balaban J connectivity index is 1.49. The number of hydrogen-bond acceptors (Lipinski definition) is 4. The highest BCUT2D eigenvalue weighted by molar-refractivity contribution is 6.33. The minimum absolute atomic E-state index is 0.0548. The summed E-state index contributed by atoms with van der Waals surface area (Å²) < 4.78 is 38.5. The Morgan fingerprint density at radius 3 is 2.60 bits per heavy atom. The highest BCUT2D eigenvalue weighted by Gasteiger charge is 2.32. The second-order valence-corrected chi connectivity index (χ2v) is 7.46. The molecule has 1 aliphatic rings. The first-order valence-electron chi connectivity index (χ1n) is 9.46. The Morgan fingerprint density at radius 1 is 1.03 bits per heavy atom. The van der Waals surface area contributed by atoms with Gasteiger partial charge in [-0.2, -0.15) is 13.2 Å². The lowest BCUT2D eigenvalue weighted by molar-refractivity contribution is -0.137. The van der Waals surface area contributed by atoms with Crippen molar-refractivity contribution >= 4 is 34.2 Å². The molecule has 0 N–H and O–H groups in total. The second kappa shape index (κ2) is 8.10. The largest absolute Gasteiger partial charge is 0.417 e. The van der Waals surface area contributed by atoms with Crippen molar-refractivity contribution in [2.24, 2.45) is 0 Å². The molecule has 0 spiro atoms. The first kappa shape index (κ1) is 20.4. The highest BCUT2D eigenvalue weighted by Crippen LogP contribution is 2.33. The van der Waals surface area contributed by atoms with Gasteiger partial charge in [0.15, 0.2) is 0 Å². The molecule has 156 valence electrons. The number of hydrogen-bond donors (Lipinski definition) is 0.